The van der Waals surface area contributed by atoms with Crippen LogP contribution in [0.15, 0.2) is 52.0 Å². The lowest BCUT2D eigenvalue weighted by molar-refractivity contribution is 0.196. The van der Waals surface area contributed by atoms with Gasteiger partial charge in [-0.15, -0.1) is 0 Å². The summed E-state index contributed by atoms with van der Waals surface area (Å²) in [6.07, 6.45) is 1.49. The third-order valence-corrected chi connectivity index (χ3v) is 6.32. The van der Waals surface area contributed by atoms with Crippen LogP contribution < -0.4 is 10.5 Å². The number of nitriles is 1. The minimum atomic E-state index is -0.141. The number of oxazole rings is 1. The summed E-state index contributed by atoms with van der Waals surface area (Å²) in [6.45, 7) is 9.38. The molecule has 36 heavy (non-hydrogen) atoms. The van der Waals surface area contributed by atoms with Crippen LogP contribution in [0.2, 0.25) is 5.02 Å². The molecule has 0 saturated carbocycles. The van der Waals surface area contributed by atoms with Crippen molar-refractivity contribution in [1.29, 1.82) is 5.26 Å². The van der Waals surface area contributed by atoms with E-state index in [0.29, 0.717) is 50.2 Å². The predicted octanol–water partition coefficient (Wildman–Crippen LogP) is 5.43. The van der Waals surface area contributed by atoms with Crippen LogP contribution in [-0.4, -0.2) is 33.3 Å². The second kappa shape index (κ2) is 11.1. The summed E-state index contributed by atoms with van der Waals surface area (Å²) in [4.78, 5) is 16.6. The fourth-order valence-corrected chi connectivity index (χ4v) is 4.47. The van der Waals surface area contributed by atoms with Crippen molar-refractivity contribution in [2.75, 3.05) is 18.9 Å². The second-order valence-electron chi connectivity index (χ2n) is 7.40. The van der Waals surface area contributed by atoms with Crippen LogP contribution in [0, 0.1) is 24.8 Å². The molecule has 0 atom stereocenters. The van der Waals surface area contributed by atoms with Crippen molar-refractivity contribution in [1.82, 2.24) is 15.0 Å². The molecule has 0 fully saturated rings. The number of nitrogens with two attached hydrogens (primary N) is 1. The number of ether oxygens (including phenoxy) is 1. The Morgan fingerprint density at radius 1 is 1.22 bits per heavy atom. The van der Waals surface area contributed by atoms with Crippen LogP contribution in [0.4, 0.5) is 11.5 Å². The van der Waals surface area contributed by atoms with Crippen molar-refractivity contribution in [3.63, 3.8) is 0 Å². The number of pyridine rings is 2. The van der Waals surface area contributed by atoms with Crippen LogP contribution in [0.3, 0.4) is 0 Å². The number of benzene rings is 1. The van der Waals surface area contributed by atoms with E-state index in [4.69, 9.17) is 38.2 Å². The number of aliphatic hydroxyl groups excluding tert-OH is 1. The van der Waals surface area contributed by atoms with E-state index in [0.717, 1.165) is 5.56 Å². The lowest BCUT2D eigenvalue weighted by atomic mass is 10.0. The molecule has 180 valence electrons. The number of aliphatic hydroxyl groups is 1. The lowest BCUT2D eigenvalue weighted by Gasteiger charge is -2.13. The molecule has 0 spiro atoms. The molecule has 0 saturated heterocycles. The van der Waals surface area contributed by atoms with Gasteiger partial charge in [0.05, 0.1) is 24.4 Å². The number of nitrogens with zero attached hydrogens (tertiary/aromatic N) is 5. The number of aromatic nitrogens is 3. The molecule has 0 aliphatic carbocycles. The molecule has 9 nitrogen and oxygen atoms in total. The van der Waals surface area contributed by atoms with Crippen molar-refractivity contribution in [2.24, 2.45) is 0 Å². The van der Waals surface area contributed by atoms with Gasteiger partial charge in [0, 0.05) is 34.2 Å². The highest BCUT2D eigenvalue weighted by Gasteiger charge is 2.22. The number of thioether (sulfide) groups is 1. The smallest absolute Gasteiger partial charge is 0.237 e. The largest absolute Gasteiger partial charge is 0.475 e. The van der Waals surface area contributed by atoms with E-state index in [9.17, 15) is 5.26 Å². The molecule has 0 radical (unpaired) electrons. The summed E-state index contributed by atoms with van der Waals surface area (Å²) in [7, 11) is 0. The minimum absolute atomic E-state index is 0.0147. The second-order valence-corrected chi connectivity index (χ2v) is 8.80. The van der Waals surface area contributed by atoms with Crippen LogP contribution >= 0.6 is 23.4 Å². The molecule has 0 amide bonds. The van der Waals surface area contributed by atoms with Crippen molar-refractivity contribution in [3.8, 4) is 34.5 Å². The zero-order valence-corrected chi connectivity index (χ0v) is 20.6. The molecule has 3 aromatic heterocycles. The van der Waals surface area contributed by atoms with E-state index in [1.807, 2.05) is 19.1 Å². The zero-order chi connectivity index (χ0) is 25.7. The van der Waals surface area contributed by atoms with Gasteiger partial charge in [-0.05, 0) is 42.8 Å². The Morgan fingerprint density at radius 3 is 2.61 bits per heavy atom. The first kappa shape index (κ1) is 25.0. The molecule has 3 N–H and O–H groups in total. The summed E-state index contributed by atoms with van der Waals surface area (Å²) in [6, 6.07) is 12.6. The molecule has 0 aliphatic heterocycles. The predicted molar refractivity (Wildman–Crippen MR) is 137 cm³/mol. The third-order valence-electron chi connectivity index (χ3n) is 5.08. The summed E-state index contributed by atoms with van der Waals surface area (Å²) in [5.74, 6) is 1.80. The first-order valence-electron chi connectivity index (χ1n) is 10.6. The van der Waals surface area contributed by atoms with Gasteiger partial charge < -0.3 is 20.0 Å². The van der Waals surface area contributed by atoms with Gasteiger partial charge in [-0.1, -0.05) is 23.4 Å². The average molecular weight is 519 g/mol. The zero-order valence-electron chi connectivity index (χ0n) is 19.0. The van der Waals surface area contributed by atoms with E-state index < -0.39 is 0 Å². The van der Waals surface area contributed by atoms with E-state index in [1.54, 1.807) is 24.3 Å². The van der Waals surface area contributed by atoms with Crippen molar-refractivity contribution < 1.29 is 14.3 Å². The topological polar surface area (TPSA) is 135 Å². The molecule has 0 aliphatic rings. The van der Waals surface area contributed by atoms with Crippen molar-refractivity contribution in [3.05, 3.63) is 76.1 Å². The van der Waals surface area contributed by atoms with Gasteiger partial charge in [-0.25, -0.2) is 19.8 Å². The van der Waals surface area contributed by atoms with Crippen LogP contribution in [0.1, 0.15) is 17.0 Å². The summed E-state index contributed by atoms with van der Waals surface area (Å²) in [5, 5.41) is 19.9. The Hall–Kier alpha value is -4.09. The van der Waals surface area contributed by atoms with Crippen LogP contribution in [-0.2, 0) is 5.75 Å². The maximum atomic E-state index is 10.0. The molecular formula is C25H19ClN6O3S. The van der Waals surface area contributed by atoms with Gasteiger partial charge >= 0.3 is 0 Å². The number of nitrogen functional groups attached to an aromatic ring is 1. The first-order chi connectivity index (χ1) is 17.4. The Morgan fingerprint density at radius 2 is 1.97 bits per heavy atom. The maximum Gasteiger partial charge on any atom is 0.237 e. The van der Waals surface area contributed by atoms with Gasteiger partial charge in [0.1, 0.15) is 29.3 Å². The number of halogens is 1. The Labute approximate surface area is 216 Å². The van der Waals surface area contributed by atoms with Crippen molar-refractivity contribution in [2.45, 2.75) is 17.7 Å². The number of rotatable bonds is 8. The average Bonchev–Trinajstić information content (AvgIpc) is 3.26. The fraction of sp³-hybridized carbons (Fsp3) is 0.160. The quantitative estimate of drug-likeness (QED) is 0.231. The first-order valence-corrected chi connectivity index (χ1v) is 12.0. The number of anilines is 1. The summed E-state index contributed by atoms with van der Waals surface area (Å²) in [5.41, 5.74) is 8.76. The van der Waals surface area contributed by atoms with Gasteiger partial charge in [0.15, 0.2) is 0 Å². The molecule has 11 heteroatoms. The van der Waals surface area contributed by atoms with Gasteiger partial charge in [-0.2, -0.15) is 5.26 Å². The number of hydrogen-bond acceptors (Lipinski definition) is 9. The van der Waals surface area contributed by atoms with Crippen molar-refractivity contribution >= 4 is 34.9 Å². The Kier molecular flexibility index (Phi) is 7.71. The minimum Gasteiger partial charge on any atom is -0.475 e. The highest BCUT2D eigenvalue weighted by atomic mass is 35.5. The Bertz CT molecular complexity index is 1470. The van der Waals surface area contributed by atoms with Gasteiger partial charge in [0.2, 0.25) is 17.5 Å². The standard InChI is InChI=1S/C25H19ClN6O3S/c1-14-19(31-24(35-14)15-3-6-17(26)7-4-15)13-36-25-18(11-27)21(22(29-2)23(28)32-25)16-5-8-20(30-12-16)34-10-9-33/h3-8,12,33H,9-10,13H2,1H3,(H2,28,32). The molecular weight excluding hydrogens is 500 g/mol. The highest BCUT2D eigenvalue weighted by Crippen LogP contribution is 2.42. The van der Waals surface area contributed by atoms with Gasteiger partial charge in [-0.3, -0.25) is 0 Å². The van der Waals surface area contributed by atoms with Crippen LogP contribution in [0.5, 0.6) is 5.88 Å². The van der Waals surface area contributed by atoms with E-state index in [-0.39, 0.29) is 30.3 Å². The highest BCUT2D eigenvalue weighted by molar-refractivity contribution is 7.98. The monoisotopic (exact) mass is 518 g/mol. The van der Waals surface area contributed by atoms with E-state index in [1.165, 1.54) is 18.0 Å². The van der Waals surface area contributed by atoms with Gasteiger partial charge in [0.25, 0.3) is 0 Å². The molecule has 4 aromatic rings. The Balaban J connectivity index is 1.66. The fourth-order valence-electron chi connectivity index (χ4n) is 3.35. The maximum absolute atomic E-state index is 10.0. The summed E-state index contributed by atoms with van der Waals surface area (Å²) < 4.78 is 11.1. The number of aryl methyl sites for hydroxylation is 1. The third kappa shape index (κ3) is 5.26. The normalized spacial score (nSPS) is 10.6. The molecule has 3 heterocycles. The SMILES string of the molecule is [C-]#[N+]c1c(N)nc(SCc2nc(-c3ccc(Cl)cc3)oc2C)c(C#N)c1-c1ccc(OCCO)nc1. The van der Waals surface area contributed by atoms with E-state index in [2.05, 4.69) is 25.9 Å². The summed E-state index contributed by atoms with van der Waals surface area (Å²) >= 11 is 7.24. The molecule has 4 rings (SSSR count). The lowest BCUT2D eigenvalue weighted by Crippen LogP contribution is -2.03. The van der Waals surface area contributed by atoms with Crippen LogP contribution in [0.25, 0.3) is 27.4 Å². The molecule has 0 unspecified atom stereocenters. The van der Waals surface area contributed by atoms with E-state index >= 15 is 0 Å². The molecule has 1 aromatic carbocycles. The molecule has 0 bridgehead atoms. The number of hydrogen-bond donors (Lipinski definition) is 2.